The highest BCUT2D eigenvalue weighted by Crippen LogP contribution is 2.23. The van der Waals surface area contributed by atoms with Crippen molar-refractivity contribution < 1.29 is 9.47 Å². The Bertz CT molecular complexity index is 126. The molecule has 0 fully saturated rings. The first-order chi connectivity index (χ1) is 6.62. The summed E-state index contributed by atoms with van der Waals surface area (Å²) >= 11 is 0. The van der Waals surface area contributed by atoms with E-state index in [1.165, 1.54) is 6.42 Å². The fourth-order valence-electron chi connectivity index (χ4n) is 0.931. The van der Waals surface area contributed by atoms with Crippen LogP contribution >= 0.6 is 0 Å². The van der Waals surface area contributed by atoms with E-state index in [4.69, 9.17) is 15.2 Å². The zero-order chi connectivity index (χ0) is 10.9. The van der Waals surface area contributed by atoms with Crippen LogP contribution in [-0.2, 0) is 9.47 Å². The Balaban J connectivity index is 3.13. The Morgan fingerprint density at radius 2 is 1.57 bits per heavy atom. The Hall–Kier alpha value is -0.120. The quantitative estimate of drug-likeness (QED) is 0.581. The minimum atomic E-state index is 0.401. The molecule has 0 rings (SSSR count). The van der Waals surface area contributed by atoms with E-state index in [9.17, 15) is 0 Å². The first kappa shape index (κ1) is 13.9. The van der Waals surface area contributed by atoms with E-state index in [2.05, 4.69) is 20.8 Å². The number of ether oxygens (including phenoxy) is 2. The van der Waals surface area contributed by atoms with Crippen LogP contribution in [0.1, 0.15) is 33.6 Å². The molecule has 0 saturated carbocycles. The molecule has 0 aromatic carbocycles. The summed E-state index contributed by atoms with van der Waals surface area (Å²) in [5.41, 5.74) is 5.68. The van der Waals surface area contributed by atoms with Crippen molar-refractivity contribution in [2.45, 2.75) is 33.6 Å². The molecule has 0 atom stereocenters. The maximum atomic E-state index is 5.45. The van der Waals surface area contributed by atoms with Gasteiger partial charge in [0.1, 0.15) is 0 Å². The molecule has 3 nitrogen and oxygen atoms in total. The minimum absolute atomic E-state index is 0.401. The van der Waals surface area contributed by atoms with Gasteiger partial charge in [-0.05, 0) is 11.8 Å². The molecule has 2 N–H and O–H groups in total. The molecule has 0 aromatic rings. The van der Waals surface area contributed by atoms with Gasteiger partial charge in [-0.1, -0.05) is 27.2 Å². The van der Waals surface area contributed by atoms with Gasteiger partial charge in [-0.2, -0.15) is 0 Å². The molecule has 0 aliphatic carbocycles. The van der Waals surface area contributed by atoms with Crippen molar-refractivity contribution in [3.63, 3.8) is 0 Å². The van der Waals surface area contributed by atoms with Crippen molar-refractivity contribution in [2.75, 3.05) is 33.0 Å². The highest BCUT2D eigenvalue weighted by Gasteiger charge is 2.13. The topological polar surface area (TPSA) is 44.5 Å². The summed E-state index contributed by atoms with van der Waals surface area (Å²) in [6.07, 6.45) is 2.31. The summed E-state index contributed by atoms with van der Waals surface area (Å²) in [5.74, 6) is 0. The largest absolute Gasteiger partial charge is 0.379 e. The minimum Gasteiger partial charge on any atom is -0.379 e. The van der Waals surface area contributed by atoms with Crippen LogP contribution in [0.15, 0.2) is 0 Å². The Kier molecular flexibility index (Phi) is 8.14. The Morgan fingerprint density at radius 3 is 2.07 bits per heavy atom. The van der Waals surface area contributed by atoms with Crippen molar-refractivity contribution in [3.8, 4) is 0 Å². The molecule has 86 valence electrons. The van der Waals surface area contributed by atoms with Crippen LogP contribution in [0, 0.1) is 5.41 Å². The lowest BCUT2D eigenvalue weighted by atomic mass is 9.87. The summed E-state index contributed by atoms with van der Waals surface area (Å²) in [7, 11) is 0. The highest BCUT2D eigenvalue weighted by atomic mass is 16.5. The third kappa shape index (κ3) is 8.48. The summed E-state index contributed by atoms with van der Waals surface area (Å²) in [5, 5.41) is 0. The van der Waals surface area contributed by atoms with Gasteiger partial charge in [0.25, 0.3) is 0 Å². The van der Waals surface area contributed by atoms with Crippen LogP contribution in [0.25, 0.3) is 0 Å². The average Bonchev–Trinajstić information content (AvgIpc) is 2.16. The van der Waals surface area contributed by atoms with Crippen molar-refractivity contribution in [1.82, 2.24) is 0 Å². The maximum absolute atomic E-state index is 5.45. The molecule has 3 heteroatoms. The molecule has 0 aliphatic heterocycles. The second-order valence-electron chi connectivity index (χ2n) is 4.28. The van der Waals surface area contributed by atoms with Crippen LogP contribution in [0.4, 0.5) is 0 Å². The van der Waals surface area contributed by atoms with Crippen LogP contribution in [0.3, 0.4) is 0 Å². The molecule has 0 heterocycles. The SMILES string of the molecule is CCC(C)(C)CCOCCOCCN. The standard InChI is InChI=1S/C11H25NO2/c1-4-11(2,3)5-7-13-9-10-14-8-6-12/h4-10,12H2,1-3H3. The zero-order valence-corrected chi connectivity index (χ0v) is 9.84. The highest BCUT2D eigenvalue weighted by molar-refractivity contribution is 4.65. The second-order valence-corrected chi connectivity index (χ2v) is 4.28. The normalized spacial score (nSPS) is 12.0. The van der Waals surface area contributed by atoms with Gasteiger partial charge >= 0.3 is 0 Å². The molecule has 0 unspecified atom stereocenters. The monoisotopic (exact) mass is 203 g/mol. The molecular formula is C11H25NO2. The van der Waals surface area contributed by atoms with Gasteiger partial charge in [-0.3, -0.25) is 0 Å². The summed E-state index contributed by atoms with van der Waals surface area (Å²) < 4.78 is 10.6. The lowest BCUT2D eigenvalue weighted by Gasteiger charge is -2.22. The molecular weight excluding hydrogens is 178 g/mol. The lowest BCUT2D eigenvalue weighted by molar-refractivity contribution is 0.0394. The number of hydrogen-bond acceptors (Lipinski definition) is 3. The van der Waals surface area contributed by atoms with Crippen LogP contribution in [0.2, 0.25) is 0 Å². The molecule has 0 saturated heterocycles. The zero-order valence-electron chi connectivity index (χ0n) is 9.84. The fraction of sp³-hybridized carbons (Fsp3) is 1.00. The summed E-state index contributed by atoms with van der Waals surface area (Å²) in [6.45, 7) is 10.1. The van der Waals surface area contributed by atoms with Crippen LogP contribution < -0.4 is 5.73 Å². The average molecular weight is 203 g/mol. The molecule has 0 aromatic heterocycles. The maximum Gasteiger partial charge on any atom is 0.0701 e. The molecule has 0 bridgehead atoms. The smallest absolute Gasteiger partial charge is 0.0701 e. The Labute approximate surface area is 88.0 Å². The molecule has 14 heavy (non-hydrogen) atoms. The predicted molar refractivity (Wildman–Crippen MR) is 59.4 cm³/mol. The number of rotatable bonds is 9. The van der Waals surface area contributed by atoms with E-state index < -0.39 is 0 Å². The summed E-state index contributed by atoms with van der Waals surface area (Å²) in [6, 6.07) is 0. The lowest BCUT2D eigenvalue weighted by Crippen LogP contribution is -2.15. The van der Waals surface area contributed by atoms with Gasteiger partial charge in [0.05, 0.1) is 19.8 Å². The molecule has 0 amide bonds. The van der Waals surface area contributed by atoms with Crippen LogP contribution in [0.5, 0.6) is 0 Å². The first-order valence-corrected chi connectivity index (χ1v) is 5.48. The molecule has 0 radical (unpaired) electrons. The first-order valence-electron chi connectivity index (χ1n) is 5.48. The van der Waals surface area contributed by atoms with Gasteiger partial charge in [0.2, 0.25) is 0 Å². The van der Waals surface area contributed by atoms with Crippen LogP contribution in [-0.4, -0.2) is 33.0 Å². The van der Waals surface area contributed by atoms with Crippen molar-refractivity contribution >= 4 is 0 Å². The molecule has 0 spiro atoms. The number of hydrogen-bond donors (Lipinski definition) is 1. The van der Waals surface area contributed by atoms with Gasteiger partial charge in [-0.25, -0.2) is 0 Å². The Morgan fingerprint density at radius 1 is 1.00 bits per heavy atom. The van der Waals surface area contributed by atoms with Gasteiger partial charge < -0.3 is 15.2 Å². The van der Waals surface area contributed by atoms with E-state index in [0.717, 1.165) is 13.0 Å². The van der Waals surface area contributed by atoms with Gasteiger partial charge in [0, 0.05) is 13.2 Å². The van der Waals surface area contributed by atoms with Crippen molar-refractivity contribution in [2.24, 2.45) is 11.1 Å². The van der Waals surface area contributed by atoms with Crippen molar-refractivity contribution in [3.05, 3.63) is 0 Å². The summed E-state index contributed by atoms with van der Waals surface area (Å²) in [4.78, 5) is 0. The molecule has 0 aliphatic rings. The van der Waals surface area contributed by atoms with Gasteiger partial charge in [0.15, 0.2) is 0 Å². The van der Waals surface area contributed by atoms with E-state index in [-0.39, 0.29) is 0 Å². The predicted octanol–water partition coefficient (Wildman–Crippen LogP) is 1.80. The number of nitrogens with two attached hydrogens (primary N) is 1. The van der Waals surface area contributed by atoms with Gasteiger partial charge in [-0.15, -0.1) is 0 Å². The van der Waals surface area contributed by atoms with E-state index in [1.54, 1.807) is 0 Å². The second kappa shape index (κ2) is 8.21. The fourth-order valence-corrected chi connectivity index (χ4v) is 0.931. The van der Waals surface area contributed by atoms with E-state index >= 15 is 0 Å². The van der Waals surface area contributed by atoms with Crippen molar-refractivity contribution in [1.29, 1.82) is 0 Å². The third-order valence-corrected chi connectivity index (χ3v) is 2.51. The third-order valence-electron chi connectivity index (χ3n) is 2.51. The van der Waals surface area contributed by atoms with E-state index in [0.29, 0.717) is 31.8 Å². The van der Waals surface area contributed by atoms with E-state index in [1.807, 2.05) is 0 Å².